The second-order valence-electron chi connectivity index (χ2n) is 11.7. The van der Waals surface area contributed by atoms with Crippen LogP contribution in [0.1, 0.15) is 73.1 Å². The highest BCUT2D eigenvalue weighted by atomic mass is 16.6. The van der Waals surface area contributed by atoms with Gasteiger partial charge in [0.15, 0.2) is 17.5 Å². The van der Waals surface area contributed by atoms with E-state index in [0.717, 1.165) is 32.1 Å². The molecule has 33 heavy (non-hydrogen) atoms. The highest BCUT2D eigenvalue weighted by Crippen LogP contribution is 2.62. The van der Waals surface area contributed by atoms with Gasteiger partial charge in [0.05, 0.1) is 17.9 Å². The average Bonchev–Trinajstić information content (AvgIpc) is 2.95. The molecule has 3 N–H and O–H groups in total. The third kappa shape index (κ3) is 3.31. The Hall–Kier alpha value is -1.50. The number of carbonyl (C=O) groups excluding carboxylic acids is 2. The summed E-state index contributed by atoms with van der Waals surface area (Å²) in [4.78, 5) is 27.5. The summed E-state index contributed by atoms with van der Waals surface area (Å²) in [6.45, 7) is 9.43. The van der Waals surface area contributed by atoms with Crippen LogP contribution in [0, 0.1) is 34.5 Å². The van der Waals surface area contributed by atoms with Crippen molar-refractivity contribution in [2.45, 2.75) is 91.0 Å². The van der Waals surface area contributed by atoms with E-state index < -0.39 is 41.2 Å². The van der Waals surface area contributed by atoms with E-state index >= 15 is 0 Å². The fourth-order valence-electron chi connectivity index (χ4n) is 7.20. The van der Waals surface area contributed by atoms with E-state index in [4.69, 9.17) is 4.74 Å². The number of allylic oxidation sites excluding steroid dienone is 1. The van der Waals surface area contributed by atoms with Crippen LogP contribution in [-0.4, -0.2) is 51.5 Å². The first kappa shape index (κ1) is 24.6. The number of esters is 1. The molecule has 6 nitrogen and oxygen atoms in total. The summed E-state index contributed by atoms with van der Waals surface area (Å²) < 4.78 is 5.98. The van der Waals surface area contributed by atoms with Crippen LogP contribution in [0.3, 0.4) is 0 Å². The van der Waals surface area contributed by atoms with Crippen LogP contribution in [0.2, 0.25) is 0 Å². The molecule has 4 rings (SSSR count). The molecule has 0 radical (unpaired) electrons. The summed E-state index contributed by atoms with van der Waals surface area (Å²) in [5, 5.41) is 34.1. The Kier molecular flexibility index (Phi) is 6.20. The molecular formula is C27H40O6. The van der Waals surface area contributed by atoms with E-state index in [1.165, 1.54) is 0 Å². The molecule has 0 aliphatic heterocycles. The highest BCUT2D eigenvalue weighted by Gasteiger charge is 2.73. The van der Waals surface area contributed by atoms with Gasteiger partial charge < -0.3 is 20.1 Å². The maximum atomic E-state index is 14.3. The molecule has 0 aromatic carbocycles. The first-order valence-corrected chi connectivity index (χ1v) is 12.6. The van der Waals surface area contributed by atoms with Gasteiger partial charge in [0, 0.05) is 5.92 Å². The predicted octanol–water partition coefficient (Wildman–Crippen LogP) is 3.34. The zero-order valence-electron chi connectivity index (χ0n) is 20.6. The lowest BCUT2D eigenvalue weighted by Crippen LogP contribution is -2.65. The summed E-state index contributed by atoms with van der Waals surface area (Å²) >= 11 is 0. The van der Waals surface area contributed by atoms with E-state index in [1.54, 1.807) is 19.1 Å². The van der Waals surface area contributed by atoms with E-state index in [-0.39, 0.29) is 35.1 Å². The van der Waals surface area contributed by atoms with Crippen molar-refractivity contribution in [1.82, 2.24) is 0 Å². The first-order chi connectivity index (χ1) is 15.4. The van der Waals surface area contributed by atoms with Gasteiger partial charge in [0.1, 0.15) is 6.10 Å². The van der Waals surface area contributed by atoms with Crippen molar-refractivity contribution in [1.29, 1.82) is 0 Å². The minimum atomic E-state index is -2.07. The van der Waals surface area contributed by atoms with Crippen LogP contribution >= 0.6 is 0 Å². The van der Waals surface area contributed by atoms with Crippen LogP contribution in [-0.2, 0) is 14.3 Å². The van der Waals surface area contributed by atoms with Crippen molar-refractivity contribution in [2.24, 2.45) is 34.5 Å². The number of aliphatic hydroxyl groups is 3. The van der Waals surface area contributed by atoms with Gasteiger partial charge in [-0.25, -0.2) is 0 Å². The van der Waals surface area contributed by atoms with Crippen molar-refractivity contribution in [2.75, 3.05) is 6.61 Å². The van der Waals surface area contributed by atoms with Gasteiger partial charge in [-0.05, 0) is 54.6 Å². The number of Topliss-reactive ketones (excluding diaryl/α,β-unsaturated/α-hetero) is 1. The Bertz CT molecular complexity index is 881. The quantitative estimate of drug-likeness (QED) is 0.441. The van der Waals surface area contributed by atoms with Crippen molar-refractivity contribution < 1.29 is 29.6 Å². The monoisotopic (exact) mass is 460 g/mol. The predicted molar refractivity (Wildman–Crippen MR) is 124 cm³/mol. The number of ketones is 1. The van der Waals surface area contributed by atoms with Crippen LogP contribution in [0.25, 0.3) is 0 Å². The third-order valence-corrected chi connectivity index (χ3v) is 9.68. The third-order valence-electron chi connectivity index (χ3n) is 9.68. The number of ether oxygens (including phenoxy) is 1. The van der Waals surface area contributed by atoms with Crippen LogP contribution in [0.4, 0.5) is 0 Å². The Balaban J connectivity index is 1.85. The molecule has 0 saturated heterocycles. The van der Waals surface area contributed by atoms with Gasteiger partial charge in [0.2, 0.25) is 0 Å². The van der Waals surface area contributed by atoms with E-state index in [0.29, 0.717) is 12.0 Å². The molecule has 2 unspecified atom stereocenters. The van der Waals surface area contributed by atoms with E-state index in [2.05, 4.69) is 6.92 Å². The van der Waals surface area contributed by atoms with Gasteiger partial charge in [0.25, 0.3) is 0 Å². The van der Waals surface area contributed by atoms with E-state index in [1.807, 2.05) is 20.8 Å². The van der Waals surface area contributed by atoms with Crippen molar-refractivity contribution in [3.8, 4) is 0 Å². The Morgan fingerprint density at radius 2 is 1.79 bits per heavy atom. The molecule has 2 fully saturated rings. The zero-order valence-corrected chi connectivity index (χ0v) is 20.6. The van der Waals surface area contributed by atoms with Gasteiger partial charge in [-0.15, -0.1) is 0 Å². The lowest BCUT2D eigenvalue weighted by Gasteiger charge is -2.48. The molecule has 0 aromatic rings. The average molecular weight is 461 g/mol. The molecule has 4 aliphatic carbocycles. The minimum Gasteiger partial charge on any atom is -0.454 e. The molecule has 2 saturated carbocycles. The molecule has 2 bridgehead atoms. The lowest BCUT2D eigenvalue weighted by atomic mass is 9.59. The van der Waals surface area contributed by atoms with Crippen molar-refractivity contribution in [3.05, 3.63) is 23.3 Å². The zero-order chi connectivity index (χ0) is 24.3. The number of hydrogen-bond donors (Lipinski definition) is 3. The SMILES string of the molecule is CC1=CC23C(=O)[C@@H](C=C(CO)[C@@H](O)[C@]2(O)[C@H]1OC(=O)C1CCCCC1)C(C)(C)[C@@H](C)CC3C. The van der Waals surface area contributed by atoms with Gasteiger partial charge >= 0.3 is 5.97 Å². The largest absolute Gasteiger partial charge is 0.454 e. The normalized spacial score (nSPS) is 43.2. The Morgan fingerprint density at radius 1 is 1.15 bits per heavy atom. The highest BCUT2D eigenvalue weighted by molar-refractivity contribution is 5.95. The molecule has 6 heteroatoms. The lowest BCUT2D eigenvalue weighted by molar-refractivity contribution is -0.205. The van der Waals surface area contributed by atoms with Gasteiger partial charge in [-0.1, -0.05) is 59.1 Å². The van der Waals surface area contributed by atoms with Crippen molar-refractivity contribution >= 4 is 11.8 Å². The standard InChI is InChI=1S/C27H40O6/c1-15-13-26-17(3)11-16(2)25(4,5)20(22(26)30)12-19(14-28)21(29)27(26,32)23(15)33-24(31)18-9-7-6-8-10-18/h12-13,16-18,20-21,23,28-29,32H,6-11,14H2,1-5H3/t16-,17?,20+,21+,23-,26?,27-/m0/s1. The summed E-state index contributed by atoms with van der Waals surface area (Å²) in [5.41, 5.74) is -3.10. The van der Waals surface area contributed by atoms with Gasteiger partial charge in [-0.3, -0.25) is 9.59 Å². The number of rotatable bonds is 3. The Morgan fingerprint density at radius 3 is 2.39 bits per heavy atom. The van der Waals surface area contributed by atoms with Crippen LogP contribution in [0.5, 0.6) is 0 Å². The molecule has 0 heterocycles. The number of aliphatic hydroxyl groups excluding tert-OH is 2. The summed E-state index contributed by atoms with van der Waals surface area (Å²) in [6, 6.07) is 0. The van der Waals surface area contributed by atoms with Crippen molar-refractivity contribution in [3.63, 3.8) is 0 Å². The fourth-order valence-corrected chi connectivity index (χ4v) is 7.20. The minimum absolute atomic E-state index is 0.161. The van der Waals surface area contributed by atoms with Crippen LogP contribution < -0.4 is 0 Å². The molecule has 4 aliphatic rings. The van der Waals surface area contributed by atoms with Gasteiger partial charge in [-0.2, -0.15) is 0 Å². The maximum Gasteiger partial charge on any atom is 0.309 e. The summed E-state index contributed by atoms with van der Waals surface area (Å²) in [6.07, 6.45) is 6.01. The molecular weight excluding hydrogens is 420 g/mol. The molecule has 0 aromatic heterocycles. The van der Waals surface area contributed by atoms with Crippen LogP contribution in [0.15, 0.2) is 23.3 Å². The number of hydrogen-bond acceptors (Lipinski definition) is 6. The number of carbonyl (C=O) groups is 2. The molecule has 0 amide bonds. The Labute approximate surface area is 197 Å². The topological polar surface area (TPSA) is 104 Å². The molecule has 7 atom stereocenters. The molecule has 1 spiro atoms. The maximum absolute atomic E-state index is 14.3. The summed E-state index contributed by atoms with van der Waals surface area (Å²) in [7, 11) is 0. The number of fused-ring (bicyclic) bond motifs is 1. The van der Waals surface area contributed by atoms with E-state index in [9.17, 15) is 24.9 Å². The summed E-state index contributed by atoms with van der Waals surface area (Å²) in [5.74, 6) is -1.47. The second-order valence-corrected chi connectivity index (χ2v) is 11.7. The molecule has 184 valence electrons. The smallest absolute Gasteiger partial charge is 0.309 e. The fraction of sp³-hybridized carbons (Fsp3) is 0.778. The second kappa shape index (κ2) is 8.31. The first-order valence-electron chi connectivity index (χ1n) is 12.6.